The lowest BCUT2D eigenvalue weighted by Crippen LogP contribution is -2.21. The molecule has 0 bridgehead atoms. The van der Waals surface area contributed by atoms with Gasteiger partial charge in [0, 0.05) is 11.8 Å². The first-order valence-electron chi connectivity index (χ1n) is 1.98. The second-order valence-electron chi connectivity index (χ2n) is 1.35. The summed E-state index contributed by atoms with van der Waals surface area (Å²) in [5.74, 6) is -2.03. The van der Waals surface area contributed by atoms with Crippen LogP contribution >= 0.6 is 11.8 Å². The van der Waals surface area contributed by atoms with Crippen LogP contribution in [0.3, 0.4) is 0 Å². The average molecular weight is 149 g/mol. The van der Waals surface area contributed by atoms with E-state index in [0.29, 0.717) is 0 Å². The van der Waals surface area contributed by atoms with E-state index in [1.807, 2.05) is 0 Å². The Balaban J connectivity index is 2.90. The minimum Gasteiger partial charge on any atom is -0.268 e. The van der Waals surface area contributed by atoms with E-state index >= 15 is 0 Å². The maximum atomic E-state index is 10.3. The molecule has 9 heavy (non-hydrogen) atoms. The van der Waals surface area contributed by atoms with Gasteiger partial charge in [-0.25, -0.2) is 4.79 Å². The maximum Gasteiger partial charge on any atom is 0.346 e. The van der Waals surface area contributed by atoms with Crippen molar-refractivity contribution in [2.24, 2.45) is 0 Å². The third kappa shape index (κ3) is 0.746. The van der Waals surface area contributed by atoms with Crippen molar-refractivity contribution in [3.8, 4) is 0 Å². The maximum absolute atomic E-state index is 10.3. The van der Waals surface area contributed by atoms with Gasteiger partial charge in [0.2, 0.25) is 0 Å². The fraction of sp³-hybridized carbons (Fsp3) is 0. The highest BCUT2D eigenvalue weighted by Crippen LogP contribution is 2.01. The molecule has 1 aliphatic heterocycles. The Labute approximate surface area is 54.7 Å². The molecule has 1 heterocycles. The van der Waals surface area contributed by atoms with Crippen LogP contribution < -0.4 is 5.32 Å². The quantitative estimate of drug-likeness (QED) is 0.278. The van der Waals surface area contributed by atoms with Gasteiger partial charge in [-0.15, -0.1) is 0 Å². The number of carbonyl (C=O) groups is 3. The van der Waals surface area contributed by atoms with Crippen LogP contribution in [0.15, 0.2) is 0 Å². The predicted molar refractivity (Wildman–Crippen MR) is 26.2 cm³/mol. The van der Waals surface area contributed by atoms with Crippen LogP contribution in [0.1, 0.15) is 0 Å². The molecule has 0 saturated carbocycles. The predicted octanol–water partition coefficient (Wildman–Crippen LogP) is -0.781. The minimum atomic E-state index is -1.04. The second kappa shape index (κ2) is 1.70. The molecule has 48 valence electrons. The van der Waals surface area contributed by atoms with Gasteiger partial charge in [-0.2, -0.15) is 4.42 Å². The number of halogens is 1. The van der Waals surface area contributed by atoms with Crippen molar-refractivity contribution < 1.29 is 14.4 Å². The molecule has 0 unspecified atom stereocenters. The average Bonchev–Trinajstić information content (AvgIpc) is 1.98. The lowest BCUT2D eigenvalue weighted by Gasteiger charge is -1.92. The molecular formula is C3HClN2O3. The molecule has 6 heteroatoms. The fourth-order valence-corrected chi connectivity index (χ4v) is 0.500. The summed E-state index contributed by atoms with van der Waals surface area (Å²) in [6.07, 6.45) is 0. The summed E-state index contributed by atoms with van der Waals surface area (Å²) in [5, 5.41) is 1.68. The highest BCUT2D eigenvalue weighted by Gasteiger charge is 2.35. The van der Waals surface area contributed by atoms with Crippen LogP contribution in [0, 0.1) is 0 Å². The number of imide groups is 2. The number of carbonyl (C=O) groups excluding carboxylic acids is 3. The zero-order valence-electron chi connectivity index (χ0n) is 4.05. The lowest BCUT2D eigenvalue weighted by molar-refractivity contribution is -0.138. The van der Waals surface area contributed by atoms with Gasteiger partial charge in [-0.1, -0.05) is 0 Å². The topological polar surface area (TPSA) is 66.5 Å². The van der Waals surface area contributed by atoms with Gasteiger partial charge >= 0.3 is 17.8 Å². The number of hydrogen-bond donors (Lipinski definition) is 1. The molecule has 0 aliphatic carbocycles. The van der Waals surface area contributed by atoms with Crippen LogP contribution in [0.5, 0.6) is 0 Å². The zero-order valence-corrected chi connectivity index (χ0v) is 4.81. The molecule has 1 fully saturated rings. The number of nitrogens with one attached hydrogen (secondary N) is 1. The van der Waals surface area contributed by atoms with Crippen LogP contribution in [0.2, 0.25) is 0 Å². The third-order valence-electron chi connectivity index (χ3n) is 0.771. The molecule has 0 radical (unpaired) electrons. The van der Waals surface area contributed by atoms with E-state index in [2.05, 4.69) is 0 Å². The van der Waals surface area contributed by atoms with Crippen molar-refractivity contribution in [1.82, 2.24) is 9.74 Å². The van der Waals surface area contributed by atoms with E-state index in [-0.39, 0.29) is 4.42 Å². The highest BCUT2D eigenvalue weighted by atomic mass is 35.5. The van der Waals surface area contributed by atoms with Gasteiger partial charge in [0.25, 0.3) is 0 Å². The Hall–Kier alpha value is -1.10. The Kier molecular flexibility index (Phi) is 1.14. The summed E-state index contributed by atoms with van der Waals surface area (Å²) in [6.45, 7) is 0. The molecule has 1 aliphatic rings. The number of urea groups is 1. The summed E-state index contributed by atoms with van der Waals surface area (Å²) in [5.41, 5.74) is 0. The van der Waals surface area contributed by atoms with Crippen LogP contribution in [-0.4, -0.2) is 22.3 Å². The first kappa shape index (κ1) is 6.03. The van der Waals surface area contributed by atoms with Gasteiger partial charge in [0.05, 0.1) is 0 Å². The molecule has 0 aromatic heterocycles. The van der Waals surface area contributed by atoms with Crippen molar-refractivity contribution in [2.45, 2.75) is 0 Å². The van der Waals surface area contributed by atoms with Crippen molar-refractivity contribution in [1.29, 1.82) is 0 Å². The number of rotatable bonds is 0. The smallest absolute Gasteiger partial charge is 0.268 e. The molecule has 1 saturated heterocycles. The van der Waals surface area contributed by atoms with Crippen molar-refractivity contribution >= 4 is 29.6 Å². The number of hydrogen-bond acceptors (Lipinski definition) is 3. The van der Waals surface area contributed by atoms with E-state index < -0.39 is 17.8 Å². The number of nitrogens with zero attached hydrogens (tertiary/aromatic N) is 1. The molecular weight excluding hydrogens is 147 g/mol. The summed E-state index contributed by atoms with van der Waals surface area (Å²) < 4.78 is 0.197. The largest absolute Gasteiger partial charge is 0.346 e. The van der Waals surface area contributed by atoms with E-state index in [9.17, 15) is 14.4 Å². The van der Waals surface area contributed by atoms with Crippen LogP contribution in [0.25, 0.3) is 0 Å². The van der Waals surface area contributed by atoms with E-state index in [1.54, 1.807) is 5.32 Å². The standard InChI is InChI=1S/C3HClN2O3/c4-6-2(8)1(7)5-3(6)9/h(H,5,7,9). The van der Waals surface area contributed by atoms with Crippen molar-refractivity contribution in [3.05, 3.63) is 0 Å². The normalized spacial score (nSPS) is 18.8. The Bertz CT molecular complexity index is 201. The third-order valence-corrected chi connectivity index (χ3v) is 1.08. The minimum absolute atomic E-state index is 0.197. The lowest BCUT2D eigenvalue weighted by atomic mass is 10.6. The molecule has 1 rings (SSSR count). The Morgan fingerprint density at radius 1 is 1.33 bits per heavy atom. The molecule has 0 atom stereocenters. The molecule has 5 nitrogen and oxygen atoms in total. The van der Waals surface area contributed by atoms with Crippen LogP contribution in [0.4, 0.5) is 4.79 Å². The molecule has 0 spiro atoms. The van der Waals surface area contributed by atoms with Gasteiger partial charge in [-0.3, -0.25) is 14.9 Å². The Morgan fingerprint density at radius 3 is 2.00 bits per heavy atom. The van der Waals surface area contributed by atoms with E-state index in [0.717, 1.165) is 0 Å². The van der Waals surface area contributed by atoms with Gasteiger partial charge < -0.3 is 0 Å². The van der Waals surface area contributed by atoms with E-state index in [4.69, 9.17) is 11.8 Å². The van der Waals surface area contributed by atoms with Crippen molar-refractivity contribution in [3.63, 3.8) is 0 Å². The molecule has 0 aromatic carbocycles. The SMILES string of the molecule is O=C1NC(=O)N(Cl)C1=O. The molecule has 1 N–H and O–H groups in total. The summed E-state index contributed by atoms with van der Waals surface area (Å²) >= 11 is 4.96. The van der Waals surface area contributed by atoms with Crippen LogP contribution in [-0.2, 0) is 9.59 Å². The van der Waals surface area contributed by atoms with Crippen molar-refractivity contribution in [2.75, 3.05) is 0 Å². The van der Waals surface area contributed by atoms with Gasteiger partial charge in [0.15, 0.2) is 0 Å². The molecule has 0 aromatic rings. The summed E-state index contributed by atoms with van der Waals surface area (Å²) in [4.78, 5) is 30.7. The summed E-state index contributed by atoms with van der Waals surface area (Å²) in [7, 11) is 0. The zero-order chi connectivity index (χ0) is 7.02. The first-order chi connectivity index (χ1) is 4.13. The molecule has 4 amide bonds. The number of amides is 4. The second-order valence-corrected chi connectivity index (χ2v) is 1.68. The first-order valence-corrected chi connectivity index (χ1v) is 2.32. The Morgan fingerprint density at radius 2 is 1.89 bits per heavy atom. The highest BCUT2D eigenvalue weighted by molar-refractivity contribution is 6.53. The fourth-order valence-electron chi connectivity index (χ4n) is 0.381. The van der Waals surface area contributed by atoms with E-state index in [1.165, 1.54) is 0 Å². The van der Waals surface area contributed by atoms with Gasteiger partial charge in [0.1, 0.15) is 0 Å². The monoisotopic (exact) mass is 148 g/mol. The van der Waals surface area contributed by atoms with Gasteiger partial charge in [-0.05, 0) is 0 Å². The summed E-state index contributed by atoms with van der Waals surface area (Å²) in [6, 6.07) is -0.897.